The van der Waals surface area contributed by atoms with Crippen LogP contribution >= 0.6 is 0 Å². The molecule has 2 aromatic rings. The van der Waals surface area contributed by atoms with E-state index < -0.39 is 0 Å². The summed E-state index contributed by atoms with van der Waals surface area (Å²) in [4.78, 5) is 30.2. The number of hydrogen-bond acceptors (Lipinski definition) is 6. The van der Waals surface area contributed by atoms with Crippen molar-refractivity contribution in [3.8, 4) is 0 Å². The average Bonchev–Trinajstić information content (AvgIpc) is 2.79. The van der Waals surface area contributed by atoms with Crippen LogP contribution in [0.25, 0.3) is 6.08 Å². The normalized spacial score (nSPS) is 18.4. The third-order valence-corrected chi connectivity index (χ3v) is 5.60. The Kier molecular flexibility index (Phi) is 6.05. The number of likely N-dealkylation sites (N-methyl/N-ethyl adjacent to an activating group) is 1. The van der Waals surface area contributed by atoms with Crippen molar-refractivity contribution in [3.63, 3.8) is 0 Å². The Morgan fingerprint density at radius 2 is 1.45 bits per heavy atom. The highest BCUT2D eigenvalue weighted by Crippen LogP contribution is 2.20. The summed E-state index contributed by atoms with van der Waals surface area (Å²) in [5.41, 5.74) is 1.04. The number of hydrogen-bond donors (Lipinski definition) is 0. The summed E-state index contributed by atoms with van der Waals surface area (Å²) in [5, 5.41) is 0. The van der Waals surface area contributed by atoms with E-state index in [-0.39, 0.29) is 5.91 Å². The Balaban J connectivity index is 1.33. The molecule has 0 N–H and O–H groups in total. The lowest BCUT2D eigenvalue weighted by molar-refractivity contribution is -0.126. The van der Waals surface area contributed by atoms with Crippen LogP contribution in [-0.2, 0) is 4.79 Å². The van der Waals surface area contributed by atoms with Crippen molar-refractivity contribution in [3.05, 3.63) is 54.4 Å². The van der Waals surface area contributed by atoms with E-state index in [0.717, 1.165) is 56.5 Å². The summed E-state index contributed by atoms with van der Waals surface area (Å²) in [6, 6.07) is 12.0. The third-order valence-electron chi connectivity index (χ3n) is 5.60. The fourth-order valence-corrected chi connectivity index (χ4v) is 3.71. The van der Waals surface area contributed by atoms with E-state index in [4.69, 9.17) is 0 Å². The number of benzene rings is 1. The lowest BCUT2D eigenvalue weighted by Crippen LogP contribution is -2.48. The van der Waals surface area contributed by atoms with Crippen molar-refractivity contribution in [1.82, 2.24) is 19.8 Å². The Bertz CT molecular complexity index is 839. The lowest BCUT2D eigenvalue weighted by atomic mass is 10.2. The van der Waals surface area contributed by atoms with Crippen molar-refractivity contribution >= 4 is 23.6 Å². The van der Waals surface area contributed by atoms with Crippen LogP contribution in [0.2, 0.25) is 0 Å². The topological polar surface area (TPSA) is 55.8 Å². The Hall–Kier alpha value is -2.93. The molecular weight excluding hydrogens is 364 g/mol. The zero-order valence-corrected chi connectivity index (χ0v) is 16.9. The smallest absolute Gasteiger partial charge is 0.246 e. The molecule has 0 aliphatic carbocycles. The molecule has 1 aromatic carbocycles. The van der Waals surface area contributed by atoms with Gasteiger partial charge in [-0.15, -0.1) is 0 Å². The largest absolute Gasteiger partial charge is 0.354 e. The van der Waals surface area contributed by atoms with E-state index in [2.05, 4.69) is 37.8 Å². The summed E-state index contributed by atoms with van der Waals surface area (Å²) < 4.78 is 0. The lowest BCUT2D eigenvalue weighted by Gasteiger charge is -2.36. The van der Waals surface area contributed by atoms with E-state index >= 15 is 0 Å². The molecule has 2 fully saturated rings. The minimum atomic E-state index is 0.0642. The first kappa shape index (κ1) is 19.4. The third kappa shape index (κ3) is 4.92. The van der Waals surface area contributed by atoms with Crippen molar-refractivity contribution in [2.75, 3.05) is 69.2 Å². The number of carbonyl (C=O) groups excluding carboxylic acids is 1. The Morgan fingerprint density at radius 1 is 0.862 bits per heavy atom. The minimum Gasteiger partial charge on any atom is -0.354 e. The number of nitrogens with zero attached hydrogens (tertiary/aromatic N) is 6. The molecule has 2 aliphatic heterocycles. The molecule has 7 nitrogen and oxygen atoms in total. The zero-order valence-electron chi connectivity index (χ0n) is 16.9. The number of carbonyl (C=O) groups is 1. The van der Waals surface area contributed by atoms with Crippen LogP contribution in [0.3, 0.4) is 0 Å². The maximum absolute atomic E-state index is 12.5. The summed E-state index contributed by atoms with van der Waals surface area (Å²) >= 11 is 0. The highest BCUT2D eigenvalue weighted by atomic mass is 16.2. The van der Waals surface area contributed by atoms with E-state index in [1.165, 1.54) is 0 Å². The van der Waals surface area contributed by atoms with Crippen molar-refractivity contribution in [2.24, 2.45) is 0 Å². The van der Waals surface area contributed by atoms with Crippen LogP contribution in [0.1, 0.15) is 5.56 Å². The maximum Gasteiger partial charge on any atom is 0.246 e. The fourth-order valence-electron chi connectivity index (χ4n) is 3.71. The first-order chi connectivity index (χ1) is 14.2. The molecule has 2 aliphatic rings. The predicted molar refractivity (Wildman–Crippen MR) is 116 cm³/mol. The van der Waals surface area contributed by atoms with E-state index in [1.807, 2.05) is 41.3 Å². The number of amides is 1. The van der Waals surface area contributed by atoms with E-state index in [0.29, 0.717) is 13.1 Å². The van der Waals surface area contributed by atoms with Gasteiger partial charge in [0.15, 0.2) is 0 Å². The minimum absolute atomic E-state index is 0.0642. The fraction of sp³-hybridized carbons (Fsp3) is 0.409. The summed E-state index contributed by atoms with van der Waals surface area (Å²) in [6.07, 6.45) is 5.20. The molecule has 0 spiro atoms. The van der Waals surface area contributed by atoms with Crippen molar-refractivity contribution in [2.45, 2.75) is 0 Å². The summed E-state index contributed by atoms with van der Waals surface area (Å²) in [7, 11) is 2.15. The number of aromatic nitrogens is 2. The molecule has 3 heterocycles. The van der Waals surface area contributed by atoms with Crippen molar-refractivity contribution < 1.29 is 4.79 Å². The molecule has 4 rings (SSSR count). The maximum atomic E-state index is 12.5. The van der Waals surface area contributed by atoms with Crippen LogP contribution in [0, 0.1) is 0 Å². The van der Waals surface area contributed by atoms with Gasteiger partial charge in [-0.1, -0.05) is 30.3 Å². The molecule has 0 saturated carbocycles. The molecule has 29 heavy (non-hydrogen) atoms. The van der Waals surface area contributed by atoms with Crippen LogP contribution in [0.5, 0.6) is 0 Å². The quantitative estimate of drug-likeness (QED) is 0.737. The molecule has 1 amide bonds. The first-order valence-electron chi connectivity index (χ1n) is 10.2. The molecule has 1 aromatic heterocycles. The molecule has 152 valence electrons. The Labute approximate surface area is 172 Å². The number of rotatable bonds is 4. The molecule has 7 heteroatoms. The molecule has 0 bridgehead atoms. The molecule has 0 atom stereocenters. The second-order valence-electron chi connectivity index (χ2n) is 7.58. The van der Waals surface area contributed by atoms with Gasteiger partial charge in [0.1, 0.15) is 18.0 Å². The number of anilines is 2. The van der Waals surface area contributed by atoms with Crippen LogP contribution in [0.4, 0.5) is 11.6 Å². The van der Waals surface area contributed by atoms with Gasteiger partial charge in [-0.3, -0.25) is 4.79 Å². The van der Waals surface area contributed by atoms with Gasteiger partial charge >= 0.3 is 0 Å². The highest BCUT2D eigenvalue weighted by molar-refractivity contribution is 5.91. The standard InChI is InChI=1S/C22H28N6O/c1-25-9-11-26(12-10-25)20-17-21(24-18-23-20)27-13-15-28(16-14-27)22(29)8-7-19-5-3-2-4-6-19/h2-8,17-18H,9-16H2,1H3/b8-7+. The van der Waals surface area contributed by atoms with Gasteiger partial charge in [0, 0.05) is 64.5 Å². The van der Waals surface area contributed by atoms with E-state index in [1.54, 1.807) is 12.4 Å². The van der Waals surface area contributed by atoms with Gasteiger partial charge < -0.3 is 19.6 Å². The van der Waals surface area contributed by atoms with Gasteiger partial charge in [0.05, 0.1) is 0 Å². The predicted octanol–water partition coefficient (Wildman–Crippen LogP) is 1.59. The number of piperazine rings is 2. The monoisotopic (exact) mass is 392 g/mol. The molecule has 0 radical (unpaired) electrons. The van der Waals surface area contributed by atoms with E-state index in [9.17, 15) is 4.79 Å². The SMILES string of the molecule is CN1CCN(c2cc(N3CCN(C(=O)/C=C/c4ccccc4)CC3)ncn2)CC1. The molecular formula is C22H28N6O. The zero-order chi connectivity index (χ0) is 20.1. The van der Waals surface area contributed by atoms with Crippen LogP contribution < -0.4 is 9.80 Å². The second kappa shape index (κ2) is 9.05. The van der Waals surface area contributed by atoms with Crippen LogP contribution in [0.15, 0.2) is 48.8 Å². The van der Waals surface area contributed by atoms with Crippen molar-refractivity contribution in [1.29, 1.82) is 0 Å². The summed E-state index contributed by atoms with van der Waals surface area (Å²) in [5.74, 6) is 2.00. The van der Waals surface area contributed by atoms with Gasteiger partial charge in [0.2, 0.25) is 5.91 Å². The second-order valence-corrected chi connectivity index (χ2v) is 7.58. The Morgan fingerprint density at radius 3 is 2.07 bits per heavy atom. The van der Waals surface area contributed by atoms with Gasteiger partial charge in [-0.25, -0.2) is 9.97 Å². The van der Waals surface area contributed by atoms with Gasteiger partial charge in [-0.2, -0.15) is 0 Å². The average molecular weight is 393 g/mol. The first-order valence-corrected chi connectivity index (χ1v) is 10.2. The molecule has 2 saturated heterocycles. The van der Waals surface area contributed by atoms with Crippen LogP contribution in [-0.4, -0.2) is 85.1 Å². The van der Waals surface area contributed by atoms with Gasteiger partial charge in [-0.05, 0) is 18.7 Å². The molecule has 0 unspecified atom stereocenters. The highest BCUT2D eigenvalue weighted by Gasteiger charge is 2.22. The summed E-state index contributed by atoms with van der Waals surface area (Å²) in [6.45, 7) is 7.05. The van der Waals surface area contributed by atoms with Gasteiger partial charge in [0.25, 0.3) is 0 Å².